The Balaban J connectivity index is 0.00000392. The van der Waals surface area contributed by atoms with Crippen LogP contribution < -0.4 is 15.8 Å². The zero-order valence-electron chi connectivity index (χ0n) is 14.7. The number of nitrogens with one attached hydrogen (secondary N) is 2. The van der Waals surface area contributed by atoms with Gasteiger partial charge in [0, 0.05) is 31.9 Å². The molecule has 0 aliphatic carbocycles. The third-order valence-electron chi connectivity index (χ3n) is 3.41. The molecule has 1 heterocycles. The predicted octanol–water partition coefficient (Wildman–Crippen LogP) is 2.34. The van der Waals surface area contributed by atoms with Gasteiger partial charge in [-0.25, -0.2) is 18.5 Å². The summed E-state index contributed by atoms with van der Waals surface area (Å²) < 4.78 is 60.0. The molecule has 0 bridgehead atoms. The first-order valence-corrected chi connectivity index (χ1v) is 10.1. The van der Waals surface area contributed by atoms with Gasteiger partial charge in [0.2, 0.25) is 10.0 Å². The Morgan fingerprint density at radius 2 is 1.89 bits per heavy atom. The smallest absolute Gasteiger partial charge is 0.356 e. The van der Waals surface area contributed by atoms with E-state index in [0.717, 1.165) is 22.3 Å². The van der Waals surface area contributed by atoms with Crippen molar-refractivity contribution in [2.24, 2.45) is 10.1 Å². The molecule has 0 saturated carbocycles. The fraction of sp³-hybridized carbons (Fsp3) is 0.333. The predicted molar refractivity (Wildman–Crippen MR) is 112 cm³/mol. The third kappa shape index (κ3) is 7.52. The number of benzene rings is 1. The van der Waals surface area contributed by atoms with Crippen molar-refractivity contribution in [2.75, 3.05) is 13.6 Å². The monoisotopic (exact) mass is 549 g/mol. The number of nitrogens with zero attached hydrogens (tertiary/aromatic N) is 2. The van der Waals surface area contributed by atoms with Crippen LogP contribution in [-0.2, 0) is 29.2 Å². The Labute approximate surface area is 181 Å². The molecule has 156 valence electrons. The number of rotatable bonds is 6. The van der Waals surface area contributed by atoms with Crippen LogP contribution in [0.25, 0.3) is 0 Å². The molecule has 0 fully saturated rings. The summed E-state index contributed by atoms with van der Waals surface area (Å²) in [5.41, 5.74) is -0.0759. The van der Waals surface area contributed by atoms with E-state index in [1.54, 1.807) is 19.2 Å². The van der Waals surface area contributed by atoms with Crippen LogP contribution >= 0.6 is 35.3 Å². The van der Waals surface area contributed by atoms with Crippen molar-refractivity contribution >= 4 is 51.3 Å². The molecule has 1 aromatic carbocycles. The highest BCUT2D eigenvalue weighted by molar-refractivity contribution is 14.0. The van der Waals surface area contributed by atoms with Crippen molar-refractivity contribution in [1.82, 2.24) is 15.6 Å². The van der Waals surface area contributed by atoms with E-state index in [-0.39, 0.29) is 28.9 Å². The molecule has 0 radical (unpaired) electrons. The lowest BCUT2D eigenvalue weighted by Crippen LogP contribution is -2.37. The summed E-state index contributed by atoms with van der Waals surface area (Å²) in [5.74, 6) is 0.457. The second-order valence-corrected chi connectivity index (χ2v) is 7.92. The molecule has 28 heavy (non-hydrogen) atoms. The third-order valence-corrected chi connectivity index (χ3v) is 5.25. The zero-order chi connectivity index (χ0) is 20.1. The van der Waals surface area contributed by atoms with Gasteiger partial charge in [-0.15, -0.1) is 35.3 Å². The summed E-state index contributed by atoms with van der Waals surface area (Å²) in [6.07, 6.45) is -4.11. The summed E-state index contributed by atoms with van der Waals surface area (Å²) in [5, 5.41) is 12.4. The minimum absolute atomic E-state index is 0. The molecule has 0 atom stereocenters. The lowest BCUT2D eigenvalue weighted by molar-refractivity contribution is -0.140. The van der Waals surface area contributed by atoms with E-state index in [9.17, 15) is 21.6 Å². The van der Waals surface area contributed by atoms with Crippen LogP contribution in [0.15, 0.2) is 39.5 Å². The summed E-state index contributed by atoms with van der Waals surface area (Å²) in [4.78, 5) is 7.60. The van der Waals surface area contributed by atoms with Crippen LogP contribution in [0, 0.1) is 0 Å². The van der Waals surface area contributed by atoms with Crippen LogP contribution in [0.4, 0.5) is 13.2 Å². The van der Waals surface area contributed by atoms with E-state index < -0.39 is 21.9 Å². The number of halogens is 4. The molecular weight excluding hydrogens is 530 g/mol. The molecule has 0 saturated heterocycles. The maximum Gasteiger partial charge on any atom is 0.434 e. The summed E-state index contributed by atoms with van der Waals surface area (Å²) in [7, 11) is -2.17. The lowest BCUT2D eigenvalue weighted by atomic mass is 10.2. The number of aliphatic imine (C=N–C) groups is 1. The molecule has 2 rings (SSSR count). The summed E-state index contributed by atoms with van der Waals surface area (Å²) in [6, 6.07) is 6.05. The van der Waals surface area contributed by atoms with E-state index in [1.807, 2.05) is 0 Å². The molecule has 0 aliphatic rings. The highest BCUT2D eigenvalue weighted by Crippen LogP contribution is 2.29. The molecular formula is C15H19F3IN5O2S2. The van der Waals surface area contributed by atoms with Gasteiger partial charge < -0.3 is 10.6 Å². The SMILES string of the molecule is CN=C(NCCc1nc(C(F)(F)F)cs1)NCc1ccc(S(N)(=O)=O)cc1.I. The molecule has 0 spiro atoms. The van der Waals surface area contributed by atoms with Gasteiger partial charge in [0.05, 0.1) is 9.90 Å². The number of alkyl halides is 3. The number of nitrogens with two attached hydrogens (primary N) is 1. The quantitative estimate of drug-likeness (QED) is 0.291. The van der Waals surface area contributed by atoms with Crippen LogP contribution in [0.5, 0.6) is 0 Å². The van der Waals surface area contributed by atoms with E-state index in [4.69, 9.17) is 5.14 Å². The average Bonchev–Trinajstić information content (AvgIpc) is 3.07. The van der Waals surface area contributed by atoms with Crippen LogP contribution in [0.1, 0.15) is 16.3 Å². The molecule has 4 N–H and O–H groups in total. The van der Waals surface area contributed by atoms with Crippen molar-refractivity contribution in [3.63, 3.8) is 0 Å². The van der Waals surface area contributed by atoms with Crippen molar-refractivity contribution in [1.29, 1.82) is 0 Å². The van der Waals surface area contributed by atoms with Crippen molar-refractivity contribution in [2.45, 2.75) is 24.0 Å². The fourth-order valence-electron chi connectivity index (χ4n) is 2.05. The Morgan fingerprint density at radius 1 is 1.25 bits per heavy atom. The Hall–Kier alpha value is -1.45. The van der Waals surface area contributed by atoms with Crippen molar-refractivity contribution < 1.29 is 21.6 Å². The molecule has 2 aromatic rings. The number of hydrogen-bond acceptors (Lipinski definition) is 5. The van der Waals surface area contributed by atoms with Crippen LogP contribution in [0.2, 0.25) is 0 Å². The van der Waals surface area contributed by atoms with E-state index in [2.05, 4.69) is 20.6 Å². The van der Waals surface area contributed by atoms with E-state index in [1.165, 1.54) is 12.1 Å². The molecule has 0 aliphatic heterocycles. The molecule has 7 nitrogen and oxygen atoms in total. The number of hydrogen-bond donors (Lipinski definition) is 3. The first-order chi connectivity index (χ1) is 12.6. The average molecular weight is 549 g/mol. The van der Waals surface area contributed by atoms with E-state index in [0.29, 0.717) is 30.5 Å². The second kappa shape index (κ2) is 10.4. The lowest BCUT2D eigenvalue weighted by Gasteiger charge is -2.11. The number of thiazole rings is 1. The largest absolute Gasteiger partial charge is 0.434 e. The number of primary sulfonamides is 1. The van der Waals surface area contributed by atoms with Gasteiger partial charge >= 0.3 is 6.18 Å². The number of sulfonamides is 1. The maximum atomic E-state index is 12.5. The van der Waals surface area contributed by atoms with Crippen molar-refractivity contribution in [3.05, 3.63) is 45.9 Å². The van der Waals surface area contributed by atoms with Crippen molar-refractivity contribution in [3.8, 4) is 0 Å². The van der Waals surface area contributed by atoms with Gasteiger partial charge in [-0.2, -0.15) is 13.2 Å². The number of aromatic nitrogens is 1. The molecule has 13 heteroatoms. The minimum Gasteiger partial charge on any atom is -0.356 e. The second-order valence-electron chi connectivity index (χ2n) is 5.42. The Bertz CT molecular complexity index is 899. The summed E-state index contributed by atoms with van der Waals surface area (Å²) in [6.45, 7) is 0.731. The van der Waals surface area contributed by atoms with Gasteiger partial charge in [0.1, 0.15) is 0 Å². The highest BCUT2D eigenvalue weighted by Gasteiger charge is 2.33. The topological polar surface area (TPSA) is 109 Å². The van der Waals surface area contributed by atoms with Gasteiger partial charge in [-0.1, -0.05) is 12.1 Å². The van der Waals surface area contributed by atoms with Crippen LogP contribution in [-0.4, -0.2) is 33.0 Å². The minimum atomic E-state index is -4.43. The van der Waals surface area contributed by atoms with Crippen LogP contribution in [0.3, 0.4) is 0 Å². The first-order valence-electron chi connectivity index (χ1n) is 7.67. The Morgan fingerprint density at radius 3 is 2.39 bits per heavy atom. The molecule has 1 aromatic heterocycles. The molecule has 0 unspecified atom stereocenters. The van der Waals surface area contributed by atoms with Gasteiger partial charge in [-0.3, -0.25) is 4.99 Å². The summed E-state index contributed by atoms with van der Waals surface area (Å²) >= 11 is 0.958. The first kappa shape index (κ1) is 24.6. The zero-order valence-corrected chi connectivity index (χ0v) is 18.6. The normalized spacial score (nSPS) is 12.4. The maximum absolute atomic E-state index is 12.5. The van der Waals surface area contributed by atoms with Gasteiger partial charge in [0.15, 0.2) is 11.7 Å². The fourth-order valence-corrected chi connectivity index (χ4v) is 3.37. The van der Waals surface area contributed by atoms with Gasteiger partial charge in [-0.05, 0) is 17.7 Å². The molecule has 0 amide bonds. The van der Waals surface area contributed by atoms with Gasteiger partial charge in [0.25, 0.3) is 0 Å². The highest BCUT2D eigenvalue weighted by atomic mass is 127. The Kier molecular flexibility index (Phi) is 9.10. The van der Waals surface area contributed by atoms with E-state index >= 15 is 0 Å². The standard InChI is InChI=1S/C15H18F3N5O2S2.HI/c1-20-14(21-7-6-13-23-12(9-26-13)15(16,17)18)22-8-10-2-4-11(5-3-10)27(19,24)25;/h2-5,9H,6-8H2,1H3,(H2,19,24,25)(H2,20,21,22);1H. The number of guanidine groups is 1.